The van der Waals surface area contributed by atoms with Crippen molar-refractivity contribution in [2.45, 2.75) is 32.5 Å². The van der Waals surface area contributed by atoms with E-state index in [-0.39, 0.29) is 11.6 Å². The average molecular weight is 523 g/mol. The molecule has 2 heterocycles. The Labute approximate surface area is 208 Å². The zero-order valence-corrected chi connectivity index (χ0v) is 21.5. The van der Waals surface area contributed by atoms with Crippen molar-refractivity contribution in [2.75, 3.05) is 27.2 Å². The van der Waals surface area contributed by atoms with Crippen molar-refractivity contribution in [1.82, 2.24) is 29.5 Å². The molecule has 0 fully saturated rings. The van der Waals surface area contributed by atoms with Gasteiger partial charge in [-0.1, -0.05) is 65.3 Å². The van der Waals surface area contributed by atoms with Gasteiger partial charge in [-0.25, -0.2) is 4.98 Å². The summed E-state index contributed by atoms with van der Waals surface area (Å²) in [5, 5.41) is 7.52. The van der Waals surface area contributed by atoms with E-state index in [2.05, 4.69) is 81.2 Å². The van der Waals surface area contributed by atoms with Gasteiger partial charge in [-0.3, -0.25) is 19.4 Å². The number of nitrogens with one attached hydrogen (secondary N) is 1. The first kappa shape index (κ1) is 24.3. The van der Waals surface area contributed by atoms with Gasteiger partial charge in [0.2, 0.25) is 0 Å². The summed E-state index contributed by atoms with van der Waals surface area (Å²) in [6.07, 6.45) is 2.40. The molecule has 0 saturated heterocycles. The zero-order chi connectivity index (χ0) is 24.1. The molecule has 4 aromatic rings. The van der Waals surface area contributed by atoms with Crippen LogP contribution >= 0.6 is 15.9 Å². The van der Waals surface area contributed by atoms with Gasteiger partial charge in [0, 0.05) is 24.1 Å². The molecule has 178 valence electrons. The molecular formula is C26H31BrN6O. The molecule has 0 saturated carbocycles. The zero-order valence-electron chi connectivity index (χ0n) is 19.9. The summed E-state index contributed by atoms with van der Waals surface area (Å²) in [5.74, 6) is 0.768. The van der Waals surface area contributed by atoms with Gasteiger partial charge >= 0.3 is 0 Å². The van der Waals surface area contributed by atoms with Gasteiger partial charge < -0.3 is 4.90 Å². The lowest BCUT2D eigenvalue weighted by Gasteiger charge is -2.33. The molecule has 0 bridgehead atoms. The number of fused-ring (bicyclic) bond motifs is 1. The third-order valence-electron chi connectivity index (χ3n) is 6.04. The van der Waals surface area contributed by atoms with Crippen LogP contribution in [0.1, 0.15) is 36.3 Å². The first-order valence-corrected chi connectivity index (χ1v) is 12.4. The molecule has 1 unspecified atom stereocenters. The van der Waals surface area contributed by atoms with Crippen molar-refractivity contribution in [2.24, 2.45) is 0 Å². The predicted octanol–water partition coefficient (Wildman–Crippen LogP) is 4.45. The van der Waals surface area contributed by atoms with E-state index in [0.29, 0.717) is 17.6 Å². The number of hydrogen-bond donors (Lipinski definition) is 1. The summed E-state index contributed by atoms with van der Waals surface area (Å²) >= 11 is 3.53. The Morgan fingerprint density at radius 3 is 2.44 bits per heavy atom. The molecule has 8 heteroatoms. The molecule has 0 aliphatic rings. The summed E-state index contributed by atoms with van der Waals surface area (Å²) < 4.78 is 2.89. The van der Waals surface area contributed by atoms with E-state index in [1.807, 2.05) is 34.9 Å². The van der Waals surface area contributed by atoms with E-state index < -0.39 is 0 Å². The molecule has 0 spiro atoms. The minimum atomic E-state index is -0.0627. The van der Waals surface area contributed by atoms with Crippen molar-refractivity contribution >= 4 is 27.0 Å². The van der Waals surface area contributed by atoms with Crippen LogP contribution in [-0.2, 0) is 13.1 Å². The topological polar surface area (TPSA) is 70.0 Å². The van der Waals surface area contributed by atoms with Gasteiger partial charge in [-0.15, -0.1) is 0 Å². The largest absolute Gasteiger partial charge is 0.308 e. The molecule has 0 radical (unpaired) electrons. The summed E-state index contributed by atoms with van der Waals surface area (Å²) in [4.78, 5) is 23.1. The smallest absolute Gasteiger partial charge is 0.265 e. The highest BCUT2D eigenvalue weighted by Crippen LogP contribution is 2.26. The van der Waals surface area contributed by atoms with Crippen LogP contribution in [0.3, 0.4) is 0 Å². The lowest BCUT2D eigenvalue weighted by molar-refractivity contribution is 0.155. The highest BCUT2D eigenvalue weighted by atomic mass is 79.9. The van der Waals surface area contributed by atoms with Crippen LogP contribution in [0.5, 0.6) is 0 Å². The number of aromatic amines is 1. The number of hydrogen-bond acceptors (Lipinski definition) is 5. The molecule has 0 aliphatic carbocycles. The van der Waals surface area contributed by atoms with Crippen LogP contribution in [0.25, 0.3) is 11.0 Å². The van der Waals surface area contributed by atoms with Crippen molar-refractivity contribution < 1.29 is 0 Å². The first-order valence-electron chi connectivity index (χ1n) is 11.6. The Bertz CT molecular complexity index is 1270. The summed E-state index contributed by atoms with van der Waals surface area (Å²) in [5.41, 5.74) is 2.77. The molecule has 1 atom stereocenters. The molecule has 7 nitrogen and oxygen atoms in total. The molecule has 4 rings (SSSR count). The summed E-state index contributed by atoms with van der Waals surface area (Å²) in [6, 6.07) is 18.5. The third-order valence-corrected chi connectivity index (χ3v) is 6.57. The first-order chi connectivity index (χ1) is 16.5. The van der Waals surface area contributed by atoms with Gasteiger partial charge in [0.25, 0.3) is 5.56 Å². The predicted molar refractivity (Wildman–Crippen MR) is 140 cm³/mol. The molecule has 2 aromatic heterocycles. The normalized spacial score (nSPS) is 12.6. The van der Waals surface area contributed by atoms with Gasteiger partial charge in [-0.2, -0.15) is 5.10 Å². The molecule has 34 heavy (non-hydrogen) atoms. The molecule has 0 aliphatic heterocycles. The highest BCUT2D eigenvalue weighted by Gasteiger charge is 2.26. The maximum Gasteiger partial charge on any atom is 0.265 e. The summed E-state index contributed by atoms with van der Waals surface area (Å²) in [6.45, 7) is 5.15. The second kappa shape index (κ2) is 11.1. The number of likely N-dealkylation sites (N-methyl/N-ethyl adjacent to an activating group) is 1. The van der Waals surface area contributed by atoms with Crippen LogP contribution in [0.2, 0.25) is 0 Å². The number of benzene rings is 2. The van der Waals surface area contributed by atoms with Crippen LogP contribution in [0, 0.1) is 0 Å². The second-order valence-corrected chi connectivity index (χ2v) is 9.72. The fourth-order valence-corrected chi connectivity index (χ4v) is 4.48. The molecule has 0 amide bonds. The summed E-state index contributed by atoms with van der Waals surface area (Å²) in [7, 11) is 4.16. The number of rotatable bonds is 10. The van der Waals surface area contributed by atoms with Gasteiger partial charge in [-0.05, 0) is 43.8 Å². The number of nitrogens with zero attached hydrogens (tertiary/aromatic N) is 5. The number of H-pyrrole nitrogens is 1. The Hall–Kier alpha value is -2.81. The van der Waals surface area contributed by atoms with E-state index in [1.54, 1.807) is 6.20 Å². The molecular weight excluding hydrogens is 492 g/mol. The maximum atomic E-state index is 13.6. The molecule has 2 aromatic carbocycles. The quantitative estimate of drug-likeness (QED) is 0.333. The lowest BCUT2D eigenvalue weighted by atomic mass is 10.1. The van der Waals surface area contributed by atoms with E-state index in [0.717, 1.165) is 41.9 Å². The van der Waals surface area contributed by atoms with Crippen molar-refractivity contribution in [3.8, 4) is 0 Å². The van der Waals surface area contributed by atoms with Crippen LogP contribution < -0.4 is 5.56 Å². The van der Waals surface area contributed by atoms with Crippen molar-refractivity contribution in [3.05, 3.63) is 92.6 Å². The van der Waals surface area contributed by atoms with Gasteiger partial charge in [0.1, 0.15) is 11.2 Å². The monoisotopic (exact) mass is 522 g/mol. The fraction of sp³-hybridized carbons (Fsp3) is 0.346. The van der Waals surface area contributed by atoms with Gasteiger partial charge in [0.15, 0.2) is 5.65 Å². The van der Waals surface area contributed by atoms with Crippen molar-refractivity contribution in [3.63, 3.8) is 0 Å². The highest BCUT2D eigenvalue weighted by molar-refractivity contribution is 9.10. The standard InChI is InChI=1S/C26H31BrN6O/c1-4-23(32(15-14-31(2)3)17-20-10-12-21(27)13-11-20)25-29-24-22(16-28-30-24)26(34)33(25)18-19-8-6-5-7-9-19/h5-13,16,23H,4,14-15,17-18H2,1-3H3,(H,28,30). The maximum absolute atomic E-state index is 13.6. The third kappa shape index (κ3) is 5.63. The minimum Gasteiger partial charge on any atom is -0.308 e. The molecule has 1 N–H and O–H groups in total. The van der Waals surface area contributed by atoms with Crippen molar-refractivity contribution in [1.29, 1.82) is 0 Å². The Morgan fingerprint density at radius 1 is 1.03 bits per heavy atom. The minimum absolute atomic E-state index is 0.0345. The van der Waals surface area contributed by atoms with E-state index in [9.17, 15) is 4.79 Å². The average Bonchev–Trinajstić information content (AvgIpc) is 3.31. The Balaban J connectivity index is 1.79. The number of halogens is 1. The van der Waals surface area contributed by atoms with Gasteiger partial charge in [0.05, 0.1) is 18.8 Å². The Kier molecular flexibility index (Phi) is 7.92. The fourth-order valence-electron chi connectivity index (χ4n) is 4.22. The van der Waals surface area contributed by atoms with E-state index >= 15 is 0 Å². The SMILES string of the molecule is CCC(c1nc2[nH]ncc2c(=O)n1Cc1ccccc1)N(CCN(C)C)Cc1ccc(Br)cc1. The van der Waals surface area contributed by atoms with E-state index in [4.69, 9.17) is 4.98 Å². The van der Waals surface area contributed by atoms with E-state index in [1.165, 1.54) is 5.56 Å². The van der Waals surface area contributed by atoms with Crippen LogP contribution in [-0.4, -0.2) is 56.7 Å². The second-order valence-electron chi connectivity index (χ2n) is 8.80. The lowest BCUT2D eigenvalue weighted by Crippen LogP contribution is -2.38. The Morgan fingerprint density at radius 2 is 1.76 bits per heavy atom. The van der Waals surface area contributed by atoms with Crippen LogP contribution in [0.4, 0.5) is 0 Å². The number of aromatic nitrogens is 4. The van der Waals surface area contributed by atoms with Crippen LogP contribution in [0.15, 0.2) is 70.1 Å².